The molecule has 0 bridgehead atoms. The minimum absolute atomic E-state index is 0.241. The van der Waals surface area contributed by atoms with E-state index in [1.165, 1.54) is 5.56 Å². The Bertz CT molecular complexity index is 1040. The number of hydrogen-bond acceptors (Lipinski definition) is 5. The molecule has 1 unspecified atom stereocenters. The van der Waals surface area contributed by atoms with E-state index in [-0.39, 0.29) is 6.17 Å². The topological polar surface area (TPSA) is 98.8 Å². The molecule has 0 spiro atoms. The van der Waals surface area contributed by atoms with Crippen molar-refractivity contribution in [3.63, 3.8) is 0 Å². The molecule has 3 aromatic rings. The highest BCUT2D eigenvalue weighted by atomic mass is 16.2. The summed E-state index contributed by atoms with van der Waals surface area (Å²) in [6.07, 6.45) is 5.50. The summed E-state index contributed by atoms with van der Waals surface area (Å²) in [6.45, 7) is 3.51. The molecule has 140 valence electrons. The monoisotopic (exact) mass is 366 g/mol. The van der Waals surface area contributed by atoms with Gasteiger partial charge in [0, 0.05) is 18.3 Å². The molecule has 2 aromatic heterocycles. The van der Waals surface area contributed by atoms with Gasteiger partial charge in [-0.05, 0) is 12.0 Å². The summed E-state index contributed by atoms with van der Waals surface area (Å²) in [5, 5.41) is 7.71. The third-order valence-electron chi connectivity index (χ3n) is 4.71. The van der Waals surface area contributed by atoms with Gasteiger partial charge in [0.2, 0.25) is 0 Å². The van der Waals surface area contributed by atoms with Gasteiger partial charge in [0.05, 0.1) is 12.7 Å². The number of fused-ring (bicyclic) bond motifs is 1. The second-order valence-electron chi connectivity index (χ2n) is 6.68. The smallest absolute Gasteiger partial charge is 0.327 e. The van der Waals surface area contributed by atoms with Crippen LogP contribution < -0.4 is 21.5 Å². The largest absolute Gasteiger partial charge is 0.354 e. The quantitative estimate of drug-likeness (QED) is 0.620. The minimum Gasteiger partial charge on any atom is -0.354 e. The van der Waals surface area contributed by atoms with Gasteiger partial charge in [0.25, 0.3) is 5.56 Å². The molecule has 0 saturated heterocycles. The number of aromatic amines is 2. The standard InChI is InChI=1S/C19H22N6O2/c1-2-3-9-25-16(21-15-17(25)22-19(27)23-18(15)26)14-10-20-24(12-14)11-13-7-5-4-6-8-13/h4-8,10,12,16,21H,2-3,9,11H2,1H3,(H2,22,23,26,27). The van der Waals surface area contributed by atoms with Crippen LogP contribution in [0.15, 0.2) is 52.3 Å². The van der Waals surface area contributed by atoms with Gasteiger partial charge in [0.15, 0.2) is 0 Å². The van der Waals surface area contributed by atoms with Crippen LogP contribution in [0.5, 0.6) is 0 Å². The van der Waals surface area contributed by atoms with Crippen molar-refractivity contribution in [3.8, 4) is 0 Å². The predicted molar refractivity (Wildman–Crippen MR) is 104 cm³/mol. The Morgan fingerprint density at radius 3 is 2.74 bits per heavy atom. The normalized spacial score (nSPS) is 15.6. The van der Waals surface area contributed by atoms with E-state index in [0.717, 1.165) is 24.9 Å². The van der Waals surface area contributed by atoms with Crippen LogP contribution in [0.4, 0.5) is 11.5 Å². The van der Waals surface area contributed by atoms with Crippen molar-refractivity contribution in [2.75, 3.05) is 16.8 Å². The zero-order chi connectivity index (χ0) is 18.8. The first kappa shape index (κ1) is 17.1. The van der Waals surface area contributed by atoms with Crippen LogP contribution in [-0.2, 0) is 6.54 Å². The highest BCUT2D eigenvalue weighted by molar-refractivity contribution is 5.71. The van der Waals surface area contributed by atoms with Crippen molar-refractivity contribution in [1.82, 2.24) is 19.7 Å². The summed E-state index contributed by atoms with van der Waals surface area (Å²) in [4.78, 5) is 31.0. The van der Waals surface area contributed by atoms with E-state index in [4.69, 9.17) is 0 Å². The number of nitrogens with zero attached hydrogens (tertiary/aromatic N) is 3. The first-order valence-electron chi connectivity index (χ1n) is 9.11. The van der Waals surface area contributed by atoms with Crippen molar-refractivity contribution in [3.05, 3.63) is 74.7 Å². The predicted octanol–water partition coefficient (Wildman–Crippen LogP) is 2.04. The molecule has 4 rings (SSSR count). The average Bonchev–Trinajstić information content (AvgIpc) is 3.25. The number of H-pyrrole nitrogens is 2. The maximum Gasteiger partial charge on any atom is 0.327 e. The second-order valence-corrected chi connectivity index (χ2v) is 6.68. The Morgan fingerprint density at radius 1 is 1.15 bits per heavy atom. The molecule has 27 heavy (non-hydrogen) atoms. The van der Waals surface area contributed by atoms with Gasteiger partial charge in [-0.15, -0.1) is 0 Å². The van der Waals surface area contributed by atoms with Gasteiger partial charge in [-0.2, -0.15) is 5.10 Å². The highest BCUT2D eigenvalue weighted by Gasteiger charge is 2.33. The maximum atomic E-state index is 12.2. The fourth-order valence-corrected chi connectivity index (χ4v) is 3.38. The summed E-state index contributed by atoms with van der Waals surface area (Å²) < 4.78 is 1.88. The molecule has 3 heterocycles. The van der Waals surface area contributed by atoms with Gasteiger partial charge < -0.3 is 10.2 Å². The molecule has 1 aliphatic heterocycles. The lowest BCUT2D eigenvalue weighted by Gasteiger charge is -2.25. The van der Waals surface area contributed by atoms with Gasteiger partial charge >= 0.3 is 5.69 Å². The fraction of sp³-hybridized carbons (Fsp3) is 0.316. The zero-order valence-electron chi connectivity index (χ0n) is 15.1. The van der Waals surface area contributed by atoms with Crippen molar-refractivity contribution < 1.29 is 0 Å². The summed E-state index contributed by atoms with van der Waals surface area (Å²) in [6, 6.07) is 10.1. The molecule has 0 saturated carbocycles. The van der Waals surface area contributed by atoms with Crippen LogP contribution in [0.1, 0.15) is 37.1 Å². The van der Waals surface area contributed by atoms with E-state index >= 15 is 0 Å². The lowest BCUT2D eigenvalue weighted by molar-refractivity contribution is 0.656. The maximum absolute atomic E-state index is 12.2. The Morgan fingerprint density at radius 2 is 1.96 bits per heavy atom. The van der Waals surface area contributed by atoms with Gasteiger partial charge in [0.1, 0.15) is 17.7 Å². The molecule has 0 amide bonds. The number of unbranched alkanes of at least 4 members (excludes halogenated alkanes) is 1. The first-order chi connectivity index (χ1) is 13.2. The van der Waals surface area contributed by atoms with Crippen molar-refractivity contribution in [2.45, 2.75) is 32.5 Å². The number of nitrogens with one attached hydrogen (secondary N) is 3. The lowest BCUT2D eigenvalue weighted by atomic mass is 10.2. The lowest BCUT2D eigenvalue weighted by Crippen LogP contribution is -2.30. The van der Waals surface area contributed by atoms with Crippen LogP contribution in [0, 0.1) is 0 Å². The number of anilines is 2. The van der Waals surface area contributed by atoms with Crippen LogP contribution in [0.3, 0.4) is 0 Å². The molecule has 1 atom stereocenters. The third-order valence-corrected chi connectivity index (χ3v) is 4.71. The zero-order valence-corrected chi connectivity index (χ0v) is 15.1. The van der Waals surface area contributed by atoms with E-state index in [2.05, 4.69) is 39.4 Å². The molecule has 0 fully saturated rings. The van der Waals surface area contributed by atoms with Gasteiger partial charge in [-0.25, -0.2) is 4.79 Å². The molecule has 8 nitrogen and oxygen atoms in total. The fourth-order valence-electron chi connectivity index (χ4n) is 3.38. The summed E-state index contributed by atoms with van der Waals surface area (Å²) in [7, 11) is 0. The summed E-state index contributed by atoms with van der Waals surface area (Å²) >= 11 is 0. The molecule has 1 aliphatic rings. The second kappa shape index (κ2) is 7.14. The molecule has 0 aliphatic carbocycles. The van der Waals surface area contributed by atoms with Crippen LogP contribution in [-0.4, -0.2) is 26.3 Å². The van der Waals surface area contributed by atoms with E-state index in [1.54, 1.807) is 6.20 Å². The van der Waals surface area contributed by atoms with Crippen molar-refractivity contribution >= 4 is 11.5 Å². The Balaban J connectivity index is 1.63. The summed E-state index contributed by atoms with van der Waals surface area (Å²) in [5.74, 6) is 0.540. The van der Waals surface area contributed by atoms with E-state index in [9.17, 15) is 9.59 Å². The average molecular weight is 366 g/mol. The van der Waals surface area contributed by atoms with Crippen LogP contribution >= 0.6 is 0 Å². The van der Waals surface area contributed by atoms with Gasteiger partial charge in [-0.3, -0.25) is 19.4 Å². The minimum atomic E-state index is -0.498. The Kier molecular flexibility index (Phi) is 4.53. The number of aromatic nitrogens is 4. The molecule has 1 aromatic carbocycles. The SMILES string of the molecule is CCCCN1c2[nH]c(=O)[nH]c(=O)c2NC1c1cnn(Cc2ccccc2)c1. The number of rotatable bonds is 6. The molecule has 0 radical (unpaired) electrons. The van der Waals surface area contributed by atoms with E-state index < -0.39 is 11.2 Å². The first-order valence-corrected chi connectivity index (χ1v) is 9.11. The Hall–Kier alpha value is -3.29. The summed E-state index contributed by atoms with van der Waals surface area (Å²) in [5.41, 5.74) is 1.60. The van der Waals surface area contributed by atoms with Crippen molar-refractivity contribution in [2.24, 2.45) is 0 Å². The molecular weight excluding hydrogens is 344 g/mol. The van der Waals surface area contributed by atoms with E-state index in [1.807, 2.05) is 34.0 Å². The van der Waals surface area contributed by atoms with Crippen LogP contribution in [0.2, 0.25) is 0 Å². The van der Waals surface area contributed by atoms with E-state index in [0.29, 0.717) is 18.1 Å². The van der Waals surface area contributed by atoms with Gasteiger partial charge in [-0.1, -0.05) is 43.7 Å². The third kappa shape index (κ3) is 3.38. The Labute approximate surface area is 155 Å². The number of hydrogen-bond donors (Lipinski definition) is 3. The van der Waals surface area contributed by atoms with Crippen LogP contribution in [0.25, 0.3) is 0 Å². The number of benzene rings is 1. The van der Waals surface area contributed by atoms with Crippen molar-refractivity contribution in [1.29, 1.82) is 0 Å². The molecular formula is C19H22N6O2. The highest BCUT2D eigenvalue weighted by Crippen LogP contribution is 2.36. The molecule has 3 N–H and O–H groups in total. The molecule has 8 heteroatoms.